The fraction of sp³-hybridized carbons (Fsp3) is 0.244. The molecule has 4 aromatic carbocycles. The van der Waals surface area contributed by atoms with Crippen LogP contribution >= 0.6 is 0 Å². The minimum absolute atomic E-state index is 0.208. The molecular weight excluding hydrogens is 725 g/mol. The quantitative estimate of drug-likeness (QED) is 0.0668. The first-order chi connectivity index (χ1) is 25.5. The highest BCUT2D eigenvalue weighted by Crippen LogP contribution is 2.44. The molecule has 1 aliphatic carbocycles. The predicted octanol–water partition coefficient (Wildman–Crippen LogP) is 9.39. The van der Waals surface area contributed by atoms with Gasteiger partial charge in [0.15, 0.2) is 0 Å². The summed E-state index contributed by atoms with van der Waals surface area (Å²) in [5.74, 6) is 0.363. The summed E-state index contributed by atoms with van der Waals surface area (Å²) in [6.07, 6.45) is 0. The van der Waals surface area contributed by atoms with Gasteiger partial charge in [-0.2, -0.15) is 16.8 Å². The van der Waals surface area contributed by atoms with Crippen LogP contribution < -0.4 is 21.3 Å². The van der Waals surface area contributed by atoms with E-state index in [0.717, 1.165) is 40.3 Å². The molecule has 0 spiro atoms. The summed E-state index contributed by atoms with van der Waals surface area (Å²) in [7, 11) is -9.21. The van der Waals surface area contributed by atoms with Gasteiger partial charge in [0.05, 0.1) is 11.0 Å². The van der Waals surface area contributed by atoms with E-state index in [2.05, 4.69) is 42.8 Å². The van der Waals surface area contributed by atoms with E-state index in [1.807, 2.05) is 39.0 Å². The molecule has 0 atom stereocenters. The van der Waals surface area contributed by atoms with E-state index in [4.69, 9.17) is 9.41 Å². The van der Waals surface area contributed by atoms with Crippen molar-refractivity contribution >= 4 is 59.6 Å². The summed E-state index contributed by atoms with van der Waals surface area (Å²) in [4.78, 5) is 4.42. The first-order valence-electron chi connectivity index (χ1n) is 17.5. The zero-order chi connectivity index (χ0) is 39.3. The molecule has 2 aliphatic rings. The zero-order valence-corrected chi connectivity index (χ0v) is 33.1. The van der Waals surface area contributed by atoms with Gasteiger partial charge in [0.2, 0.25) is 0 Å². The van der Waals surface area contributed by atoms with Crippen LogP contribution in [0.2, 0.25) is 0 Å². The van der Waals surface area contributed by atoms with E-state index >= 15 is 0 Å². The van der Waals surface area contributed by atoms with Gasteiger partial charge < -0.3 is 20.4 Å². The molecule has 0 saturated carbocycles. The Kier molecular flexibility index (Phi) is 10.4. The van der Waals surface area contributed by atoms with E-state index in [-0.39, 0.29) is 15.4 Å². The Labute approximate surface area is 316 Å². The number of anilines is 4. The molecule has 6 rings (SSSR count). The average molecular weight is 769 g/mol. The van der Waals surface area contributed by atoms with Crippen LogP contribution in [0.3, 0.4) is 0 Å². The number of rotatable bonds is 10. The van der Waals surface area contributed by atoms with Gasteiger partial charge in [-0.15, -0.1) is 0 Å². The molecule has 0 saturated heterocycles. The van der Waals surface area contributed by atoms with Crippen LogP contribution in [0, 0.1) is 41.5 Å². The summed E-state index contributed by atoms with van der Waals surface area (Å²) in [5.41, 5.74) is 10.1. The Bertz CT molecular complexity index is 2740. The summed E-state index contributed by atoms with van der Waals surface area (Å²) < 4.78 is 77.5. The standard InChI is InChI=1S/C41H44N4O7S2/c1-9-42-37-22(3)19-23(4)38(24(37)5)44-28-15-17-30-33(20-28)52-34-21-29(16-18-31(34)36(30)32-13-11-12-14-35(32)53(46,47)48)45-40-25(6)39(43-10-2)26(7)41(27(40)8)54(49,50)51/h11-21,42-44H,9-10H2,1-8H3,(H,46,47,48)(H,49,50,51)/b45-29+. The third-order valence-corrected chi connectivity index (χ3v) is 11.8. The van der Waals surface area contributed by atoms with Crippen LogP contribution in [0.4, 0.5) is 28.4 Å². The van der Waals surface area contributed by atoms with Gasteiger partial charge in [-0.1, -0.05) is 24.3 Å². The topological polar surface area (TPSA) is 170 Å². The molecule has 11 nitrogen and oxygen atoms in total. The van der Waals surface area contributed by atoms with Crippen molar-refractivity contribution in [3.8, 4) is 22.5 Å². The van der Waals surface area contributed by atoms with Crippen LogP contribution in [-0.2, 0) is 20.2 Å². The summed E-state index contributed by atoms with van der Waals surface area (Å²) >= 11 is 0. The molecule has 5 N–H and O–H groups in total. The molecule has 0 unspecified atom stereocenters. The fourth-order valence-electron chi connectivity index (χ4n) is 7.49. The van der Waals surface area contributed by atoms with E-state index in [9.17, 15) is 25.9 Å². The predicted molar refractivity (Wildman–Crippen MR) is 216 cm³/mol. The van der Waals surface area contributed by atoms with Crippen molar-refractivity contribution in [2.45, 2.75) is 65.2 Å². The van der Waals surface area contributed by atoms with Gasteiger partial charge in [-0.25, -0.2) is 4.99 Å². The highest BCUT2D eigenvalue weighted by molar-refractivity contribution is 7.86. The zero-order valence-electron chi connectivity index (χ0n) is 31.5. The lowest BCUT2D eigenvalue weighted by molar-refractivity contribution is 0.480. The number of hydrogen-bond acceptors (Lipinski definition) is 9. The highest BCUT2D eigenvalue weighted by atomic mass is 32.2. The van der Waals surface area contributed by atoms with E-state index in [1.54, 1.807) is 50.2 Å². The number of hydrogen-bond donors (Lipinski definition) is 5. The first kappa shape index (κ1) is 38.5. The Hall–Kier alpha value is -5.21. The SMILES string of the molecule is CCNc1c(C)cc(C)c(Nc2ccc3c(-c4ccccc4S(=O)(=O)O)c4cc/c(=N\c5c(C)c(NCC)c(C)c(S(=O)(=O)O)c5C)cc-4oc3c2)c1C. The lowest BCUT2D eigenvalue weighted by Crippen LogP contribution is -2.11. The normalized spacial score (nSPS) is 12.4. The van der Waals surface area contributed by atoms with Gasteiger partial charge >= 0.3 is 0 Å². The molecular formula is C41H44N4O7S2. The molecule has 0 amide bonds. The largest absolute Gasteiger partial charge is 0.456 e. The molecule has 282 valence electrons. The minimum Gasteiger partial charge on any atom is -0.456 e. The Morgan fingerprint density at radius 2 is 1.33 bits per heavy atom. The molecule has 0 radical (unpaired) electrons. The van der Waals surface area contributed by atoms with Crippen LogP contribution in [0.25, 0.3) is 33.4 Å². The highest BCUT2D eigenvalue weighted by Gasteiger charge is 2.26. The van der Waals surface area contributed by atoms with Crippen molar-refractivity contribution in [1.82, 2.24) is 0 Å². The number of fused-ring (bicyclic) bond motifs is 2. The second-order valence-electron chi connectivity index (χ2n) is 13.4. The fourth-order valence-corrected chi connectivity index (χ4v) is 9.17. The molecule has 1 heterocycles. The maximum Gasteiger partial charge on any atom is 0.295 e. The average Bonchev–Trinajstić information content (AvgIpc) is 3.10. The van der Waals surface area contributed by atoms with Gasteiger partial charge in [0, 0.05) is 70.0 Å². The first-order valence-corrected chi connectivity index (χ1v) is 20.4. The molecule has 13 heteroatoms. The molecule has 0 fully saturated rings. The molecule has 4 aromatic rings. The Morgan fingerprint density at radius 3 is 2.00 bits per heavy atom. The van der Waals surface area contributed by atoms with Crippen molar-refractivity contribution in [3.05, 3.63) is 105 Å². The second kappa shape index (κ2) is 14.6. The smallest absolute Gasteiger partial charge is 0.295 e. The van der Waals surface area contributed by atoms with Crippen LogP contribution in [0.1, 0.15) is 47.2 Å². The van der Waals surface area contributed by atoms with Crippen molar-refractivity contribution < 1.29 is 30.4 Å². The summed E-state index contributed by atoms with van der Waals surface area (Å²) in [6.45, 7) is 16.5. The number of benzene rings is 5. The van der Waals surface area contributed by atoms with Crippen LogP contribution in [0.15, 0.2) is 85.9 Å². The van der Waals surface area contributed by atoms with Crippen LogP contribution in [0.5, 0.6) is 0 Å². The van der Waals surface area contributed by atoms with E-state index in [0.29, 0.717) is 67.8 Å². The van der Waals surface area contributed by atoms with Crippen molar-refractivity contribution in [1.29, 1.82) is 0 Å². The van der Waals surface area contributed by atoms with Gasteiger partial charge in [0.25, 0.3) is 20.2 Å². The monoisotopic (exact) mass is 768 g/mol. The second-order valence-corrected chi connectivity index (χ2v) is 16.2. The lowest BCUT2D eigenvalue weighted by Gasteiger charge is -2.21. The number of nitrogens with one attached hydrogen (secondary N) is 3. The van der Waals surface area contributed by atoms with Gasteiger partial charge in [-0.05, 0) is 119 Å². The molecule has 1 aliphatic heterocycles. The van der Waals surface area contributed by atoms with Crippen LogP contribution in [-0.4, -0.2) is 39.0 Å². The number of aryl methyl sites for hydroxylation is 2. The molecule has 54 heavy (non-hydrogen) atoms. The van der Waals surface area contributed by atoms with E-state index < -0.39 is 20.2 Å². The van der Waals surface area contributed by atoms with Crippen molar-refractivity contribution in [2.75, 3.05) is 29.0 Å². The third kappa shape index (κ3) is 7.07. The van der Waals surface area contributed by atoms with Gasteiger partial charge in [-0.3, -0.25) is 9.11 Å². The van der Waals surface area contributed by atoms with E-state index in [1.165, 1.54) is 6.07 Å². The van der Waals surface area contributed by atoms with Crippen molar-refractivity contribution in [3.63, 3.8) is 0 Å². The summed E-state index contributed by atoms with van der Waals surface area (Å²) in [5, 5.41) is 11.3. The maximum absolute atomic E-state index is 12.7. The lowest BCUT2D eigenvalue weighted by atomic mass is 9.93. The third-order valence-electron chi connectivity index (χ3n) is 9.73. The molecule has 0 aromatic heterocycles. The Morgan fingerprint density at radius 1 is 0.667 bits per heavy atom. The van der Waals surface area contributed by atoms with Crippen molar-refractivity contribution in [2.24, 2.45) is 4.99 Å². The molecule has 0 bridgehead atoms. The summed E-state index contributed by atoms with van der Waals surface area (Å²) in [6, 6.07) is 19.2. The minimum atomic E-state index is -4.62. The Balaban J connectivity index is 1.64. The van der Waals surface area contributed by atoms with Gasteiger partial charge in [0.1, 0.15) is 21.1 Å². The maximum atomic E-state index is 12.7. The number of nitrogens with zero attached hydrogens (tertiary/aromatic N) is 1.